The van der Waals surface area contributed by atoms with Crippen molar-refractivity contribution in [3.8, 4) is 16.9 Å². The van der Waals surface area contributed by atoms with E-state index in [1.54, 1.807) is 23.0 Å². The molecule has 0 aliphatic rings. The minimum absolute atomic E-state index is 0.214. The molecule has 1 aromatic carbocycles. The fourth-order valence-electron chi connectivity index (χ4n) is 2.30. The quantitative estimate of drug-likeness (QED) is 0.668. The number of anilines is 1. The molecule has 0 spiro atoms. The monoisotopic (exact) mass is 336 g/mol. The van der Waals surface area contributed by atoms with E-state index >= 15 is 0 Å². The molecule has 7 nitrogen and oxygen atoms in total. The predicted molar refractivity (Wildman–Crippen MR) is 94.0 cm³/mol. The first kappa shape index (κ1) is 16.5. The lowest BCUT2D eigenvalue weighted by molar-refractivity contribution is 0.0947. The number of benzene rings is 1. The lowest BCUT2D eigenvalue weighted by Crippen LogP contribution is -2.28. The number of nitrogen functional groups attached to an aromatic ring is 1. The summed E-state index contributed by atoms with van der Waals surface area (Å²) in [5.41, 5.74) is 8.00. The molecule has 0 atom stereocenters. The molecule has 3 N–H and O–H groups in total. The molecule has 2 heterocycles. The van der Waals surface area contributed by atoms with Crippen LogP contribution in [-0.2, 0) is 7.05 Å². The van der Waals surface area contributed by atoms with Crippen LogP contribution >= 0.6 is 0 Å². The van der Waals surface area contributed by atoms with Gasteiger partial charge in [0.05, 0.1) is 12.7 Å². The first-order valence-corrected chi connectivity index (χ1v) is 7.74. The molecule has 0 aliphatic carbocycles. The van der Waals surface area contributed by atoms with Crippen LogP contribution in [-0.4, -0.2) is 33.8 Å². The van der Waals surface area contributed by atoms with Gasteiger partial charge in [0, 0.05) is 30.6 Å². The van der Waals surface area contributed by atoms with Crippen LogP contribution in [0.2, 0.25) is 0 Å². The van der Waals surface area contributed by atoms with Crippen molar-refractivity contribution in [1.29, 1.82) is 0 Å². The third-order valence-electron chi connectivity index (χ3n) is 3.50. The van der Waals surface area contributed by atoms with Gasteiger partial charge in [-0.2, -0.15) is 5.10 Å². The largest absolute Gasteiger partial charge is 0.492 e. The van der Waals surface area contributed by atoms with Crippen LogP contribution in [0.1, 0.15) is 10.4 Å². The Morgan fingerprint density at radius 1 is 1.36 bits per heavy atom. The Labute approximate surface area is 145 Å². The van der Waals surface area contributed by atoms with E-state index in [4.69, 9.17) is 10.5 Å². The number of amides is 1. The molecule has 1 amide bonds. The van der Waals surface area contributed by atoms with E-state index in [2.05, 4.69) is 21.5 Å². The Bertz CT molecular complexity index is 875. The highest BCUT2D eigenvalue weighted by Crippen LogP contribution is 2.22. The summed E-state index contributed by atoms with van der Waals surface area (Å²) in [6, 6.07) is 11.7. The summed E-state index contributed by atoms with van der Waals surface area (Å²) >= 11 is 0. The number of rotatable bonds is 6. The molecule has 0 unspecified atom stereocenters. The summed E-state index contributed by atoms with van der Waals surface area (Å²) in [5, 5.41) is 6.93. The molecular weight excluding hydrogens is 318 g/mol. The van der Waals surface area contributed by atoms with E-state index in [0.29, 0.717) is 30.3 Å². The van der Waals surface area contributed by atoms with Crippen LogP contribution in [0.4, 0.5) is 5.82 Å². The number of hydrogen-bond acceptors (Lipinski definition) is 5. The number of aromatic nitrogens is 3. The van der Waals surface area contributed by atoms with Crippen molar-refractivity contribution in [3.63, 3.8) is 0 Å². The molecule has 0 aliphatic heterocycles. The molecule has 0 saturated carbocycles. The predicted octanol–water partition coefficient (Wildman–Crippen LogP) is 1.67. The number of hydrogen-bond donors (Lipinski definition) is 2. The van der Waals surface area contributed by atoms with Crippen LogP contribution in [0, 0.1) is 6.07 Å². The van der Waals surface area contributed by atoms with Crippen LogP contribution in [0.15, 0.2) is 48.9 Å². The minimum Gasteiger partial charge on any atom is -0.492 e. The zero-order valence-electron chi connectivity index (χ0n) is 13.8. The van der Waals surface area contributed by atoms with Gasteiger partial charge >= 0.3 is 0 Å². The van der Waals surface area contributed by atoms with Crippen molar-refractivity contribution in [2.45, 2.75) is 0 Å². The third kappa shape index (κ3) is 4.35. The molecule has 2 aromatic heterocycles. The smallest absolute Gasteiger partial charge is 0.251 e. The zero-order valence-corrected chi connectivity index (χ0v) is 13.8. The Morgan fingerprint density at radius 3 is 3.00 bits per heavy atom. The van der Waals surface area contributed by atoms with Crippen molar-refractivity contribution in [2.75, 3.05) is 18.9 Å². The summed E-state index contributed by atoms with van der Waals surface area (Å²) in [7, 11) is 1.87. The fraction of sp³-hybridized carbons (Fsp3) is 0.167. The van der Waals surface area contributed by atoms with Gasteiger partial charge in [-0.25, -0.2) is 4.98 Å². The third-order valence-corrected chi connectivity index (χ3v) is 3.50. The molecule has 3 aromatic rings. The molecule has 0 fully saturated rings. The average molecular weight is 336 g/mol. The van der Waals surface area contributed by atoms with Gasteiger partial charge in [0.1, 0.15) is 18.2 Å². The summed E-state index contributed by atoms with van der Waals surface area (Å²) in [4.78, 5) is 15.8. The van der Waals surface area contributed by atoms with Crippen molar-refractivity contribution in [3.05, 3.63) is 60.6 Å². The number of nitrogens with two attached hydrogens (primary N) is 1. The Morgan fingerprint density at radius 2 is 2.24 bits per heavy atom. The van der Waals surface area contributed by atoms with Gasteiger partial charge in [-0.15, -0.1) is 0 Å². The lowest BCUT2D eigenvalue weighted by atomic mass is 10.1. The van der Waals surface area contributed by atoms with Gasteiger partial charge in [-0.3, -0.25) is 9.48 Å². The fourth-order valence-corrected chi connectivity index (χ4v) is 2.30. The van der Waals surface area contributed by atoms with Crippen molar-refractivity contribution in [1.82, 2.24) is 20.1 Å². The second kappa shape index (κ2) is 7.48. The van der Waals surface area contributed by atoms with E-state index in [1.165, 1.54) is 12.3 Å². The lowest BCUT2D eigenvalue weighted by Gasteiger charge is -2.09. The molecular formula is C18H18N5O2. The highest BCUT2D eigenvalue weighted by molar-refractivity contribution is 5.94. The number of nitrogens with zero attached hydrogens (tertiary/aromatic N) is 3. The second-order valence-electron chi connectivity index (χ2n) is 5.43. The van der Waals surface area contributed by atoms with Gasteiger partial charge in [-0.1, -0.05) is 0 Å². The van der Waals surface area contributed by atoms with E-state index in [9.17, 15) is 4.79 Å². The maximum atomic E-state index is 12.0. The van der Waals surface area contributed by atoms with Gasteiger partial charge < -0.3 is 15.8 Å². The number of pyridine rings is 1. The SMILES string of the molecule is Cn1cc(-c2c[c]cc(OCCNC(=O)c3ccnc(N)c3)c2)cn1. The second-order valence-corrected chi connectivity index (χ2v) is 5.43. The molecule has 0 saturated heterocycles. The molecule has 0 bridgehead atoms. The minimum atomic E-state index is -0.214. The van der Waals surface area contributed by atoms with Gasteiger partial charge in [-0.05, 0) is 42.0 Å². The van der Waals surface area contributed by atoms with E-state index in [-0.39, 0.29) is 5.91 Å². The van der Waals surface area contributed by atoms with E-state index in [1.807, 2.05) is 25.4 Å². The highest BCUT2D eigenvalue weighted by Gasteiger charge is 2.06. The Hall–Kier alpha value is -3.35. The number of carbonyl (C=O) groups is 1. The van der Waals surface area contributed by atoms with Gasteiger partial charge in [0.15, 0.2) is 0 Å². The zero-order chi connectivity index (χ0) is 17.6. The molecule has 127 valence electrons. The number of ether oxygens (including phenoxy) is 1. The summed E-state index contributed by atoms with van der Waals surface area (Å²) in [5.74, 6) is 0.781. The Balaban J connectivity index is 1.51. The first-order chi connectivity index (χ1) is 12.1. The summed E-state index contributed by atoms with van der Waals surface area (Å²) < 4.78 is 7.42. The van der Waals surface area contributed by atoms with Crippen LogP contribution in [0.5, 0.6) is 5.75 Å². The molecule has 25 heavy (non-hydrogen) atoms. The summed E-state index contributed by atoms with van der Waals surface area (Å²) in [6.07, 6.45) is 5.21. The molecule has 3 rings (SSSR count). The maximum absolute atomic E-state index is 12.0. The van der Waals surface area contributed by atoms with Crippen molar-refractivity contribution < 1.29 is 9.53 Å². The van der Waals surface area contributed by atoms with Crippen molar-refractivity contribution >= 4 is 11.7 Å². The normalized spacial score (nSPS) is 10.4. The van der Waals surface area contributed by atoms with Gasteiger partial charge in [0.2, 0.25) is 0 Å². The molecule has 1 radical (unpaired) electrons. The van der Waals surface area contributed by atoms with E-state index in [0.717, 1.165) is 11.1 Å². The summed E-state index contributed by atoms with van der Waals surface area (Å²) in [6.45, 7) is 0.717. The Kier molecular flexibility index (Phi) is 4.94. The number of aryl methyl sites for hydroxylation is 1. The highest BCUT2D eigenvalue weighted by atomic mass is 16.5. The maximum Gasteiger partial charge on any atom is 0.251 e. The topological polar surface area (TPSA) is 95.1 Å². The van der Waals surface area contributed by atoms with Crippen LogP contribution in [0.3, 0.4) is 0 Å². The average Bonchev–Trinajstić information content (AvgIpc) is 3.05. The first-order valence-electron chi connectivity index (χ1n) is 7.74. The van der Waals surface area contributed by atoms with Gasteiger partial charge in [0.25, 0.3) is 5.91 Å². The van der Waals surface area contributed by atoms with Crippen LogP contribution in [0.25, 0.3) is 11.1 Å². The standard InChI is InChI=1S/C18H18N5O2/c1-23-12-15(11-22-23)13-3-2-4-16(9-13)25-8-7-21-18(24)14-5-6-20-17(19)10-14/h3-6,9-12H,7-8H2,1H3,(H2,19,20)(H,21,24). The number of nitrogens with one attached hydrogen (secondary N) is 1. The molecule has 7 heteroatoms. The van der Waals surface area contributed by atoms with Crippen molar-refractivity contribution in [2.24, 2.45) is 7.05 Å². The van der Waals surface area contributed by atoms with Crippen LogP contribution < -0.4 is 15.8 Å². The van der Waals surface area contributed by atoms with E-state index < -0.39 is 0 Å². The number of carbonyl (C=O) groups excluding carboxylic acids is 1.